The number of nitrogens with one attached hydrogen (secondary N) is 2. The standard InChI is InChI=1S/C22H27N3O2.HI/c1-3-23-22(24-15-19(26)13-17-9-5-4-6-10-17)25-16(2)21-14-18-11-7-8-12-20(18)27-21;/h4-12,14,16,19,26H,3,13,15H2,1-2H3,(H2,23,24,25);1H. The minimum absolute atomic E-state index is 0. The van der Waals surface area contributed by atoms with Crippen LogP contribution in [0.1, 0.15) is 31.2 Å². The fraction of sp³-hybridized carbons (Fsp3) is 0.318. The van der Waals surface area contributed by atoms with E-state index in [0.717, 1.165) is 28.8 Å². The molecular weight excluding hydrogens is 465 g/mol. The van der Waals surface area contributed by atoms with E-state index in [-0.39, 0.29) is 30.0 Å². The molecule has 2 unspecified atom stereocenters. The van der Waals surface area contributed by atoms with E-state index in [1.807, 2.05) is 74.5 Å². The Morgan fingerprint density at radius 3 is 2.54 bits per heavy atom. The molecule has 0 fully saturated rings. The van der Waals surface area contributed by atoms with Crippen LogP contribution in [0.5, 0.6) is 0 Å². The van der Waals surface area contributed by atoms with Crippen LogP contribution in [0.15, 0.2) is 70.1 Å². The smallest absolute Gasteiger partial charge is 0.191 e. The molecule has 3 aromatic rings. The van der Waals surface area contributed by atoms with Gasteiger partial charge in [-0.25, -0.2) is 0 Å². The topological polar surface area (TPSA) is 69.8 Å². The minimum Gasteiger partial charge on any atom is -0.459 e. The number of fused-ring (bicyclic) bond motifs is 1. The molecule has 3 rings (SSSR count). The van der Waals surface area contributed by atoms with Gasteiger partial charge in [-0.15, -0.1) is 24.0 Å². The van der Waals surface area contributed by atoms with Gasteiger partial charge in [0.25, 0.3) is 0 Å². The molecule has 0 spiro atoms. The number of aliphatic hydroxyl groups is 1. The Morgan fingerprint density at radius 1 is 1.11 bits per heavy atom. The molecule has 0 saturated heterocycles. The number of hydrogen-bond donors (Lipinski definition) is 3. The first kappa shape index (κ1) is 22.2. The summed E-state index contributed by atoms with van der Waals surface area (Å²) in [5.74, 6) is 1.52. The van der Waals surface area contributed by atoms with Crippen molar-refractivity contribution in [3.05, 3.63) is 72.0 Å². The van der Waals surface area contributed by atoms with Crippen LogP contribution in [0.4, 0.5) is 0 Å². The Kier molecular flexibility index (Phi) is 8.79. The van der Waals surface area contributed by atoms with Gasteiger partial charge in [-0.05, 0) is 31.5 Å². The maximum atomic E-state index is 10.3. The van der Waals surface area contributed by atoms with Gasteiger partial charge in [-0.2, -0.15) is 0 Å². The Morgan fingerprint density at radius 2 is 1.82 bits per heavy atom. The molecule has 0 aliphatic rings. The molecule has 0 aliphatic heterocycles. The Bertz CT molecular complexity index is 847. The molecule has 0 saturated carbocycles. The third kappa shape index (κ3) is 6.24. The minimum atomic E-state index is -0.524. The first-order chi connectivity index (χ1) is 13.2. The Labute approximate surface area is 183 Å². The summed E-state index contributed by atoms with van der Waals surface area (Å²) in [7, 11) is 0. The van der Waals surface area contributed by atoms with Crippen LogP contribution in [0.3, 0.4) is 0 Å². The van der Waals surface area contributed by atoms with Gasteiger partial charge in [0.2, 0.25) is 0 Å². The second-order valence-electron chi connectivity index (χ2n) is 6.62. The molecule has 0 amide bonds. The highest BCUT2D eigenvalue weighted by atomic mass is 127. The average molecular weight is 493 g/mol. The number of aliphatic imine (C=N–C) groups is 1. The van der Waals surface area contributed by atoms with Gasteiger partial charge in [0.15, 0.2) is 5.96 Å². The van der Waals surface area contributed by atoms with E-state index < -0.39 is 6.10 Å². The van der Waals surface area contributed by atoms with E-state index in [1.54, 1.807) is 0 Å². The Hall–Kier alpha value is -2.06. The van der Waals surface area contributed by atoms with Crippen LogP contribution >= 0.6 is 24.0 Å². The van der Waals surface area contributed by atoms with Crippen molar-refractivity contribution >= 4 is 40.9 Å². The molecule has 1 heterocycles. The Balaban J connectivity index is 0.00000280. The molecule has 2 aromatic carbocycles. The summed E-state index contributed by atoms with van der Waals surface area (Å²) in [5, 5.41) is 17.9. The number of halogens is 1. The highest BCUT2D eigenvalue weighted by Crippen LogP contribution is 2.23. The number of furan rings is 1. The van der Waals surface area contributed by atoms with E-state index in [1.165, 1.54) is 0 Å². The number of guanidine groups is 1. The SMILES string of the molecule is CCNC(=NCC(O)Cc1ccccc1)NC(C)c1cc2ccccc2o1.I. The third-order valence-electron chi connectivity index (χ3n) is 4.34. The summed E-state index contributed by atoms with van der Waals surface area (Å²) in [6, 6.07) is 19.9. The normalized spacial score (nSPS) is 13.6. The molecular formula is C22H28IN3O2. The zero-order valence-corrected chi connectivity index (χ0v) is 18.6. The molecule has 3 N–H and O–H groups in total. The van der Waals surface area contributed by atoms with Crippen LogP contribution in [0.2, 0.25) is 0 Å². The molecule has 28 heavy (non-hydrogen) atoms. The van der Waals surface area contributed by atoms with Gasteiger partial charge in [0.1, 0.15) is 11.3 Å². The fourth-order valence-corrected chi connectivity index (χ4v) is 2.96. The molecule has 2 atom stereocenters. The second kappa shape index (κ2) is 11.1. The lowest BCUT2D eigenvalue weighted by molar-refractivity contribution is 0.183. The molecule has 5 nitrogen and oxygen atoms in total. The third-order valence-corrected chi connectivity index (χ3v) is 4.34. The van der Waals surface area contributed by atoms with Crippen molar-refractivity contribution in [2.45, 2.75) is 32.4 Å². The fourth-order valence-electron chi connectivity index (χ4n) is 2.96. The van der Waals surface area contributed by atoms with Crippen molar-refractivity contribution in [2.75, 3.05) is 13.1 Å². The zero-order chi connectivity index (χ0) is 19.1. The van der Waals surface area contributed by atoms with Gasteiger partial charge in [-0.1, -0.05) is 48.5 Å². The van der Waals surface area contributed by atoms with Crippen LogP contribution in [0, 0.1) is 0 Å². The van der Waals surface area contributed by atoms with Gasteiger partial charge in [0.05, 0.1) is 18.7 Å². The van der Waals surface area contributed by atoms with Crippen molar-refractivity contribution < 1.29 is 9.52 Å². The molecule has 0 radical (unpaired) electrons. The van der Waals surface area contributed by atoms with Crippen LogP contribution in [0.25, 0.3) is 11.0 Å². The van der Waals surface area contributed by atoms with Crippen molar-refractivity contribution in [1.29, 1.82) is 0 Å². The van der Waals surface area contributed by atoms with Crippen molar-refractivity contribution in [2.24, 2.45) is 4.99 Å². The average Bonchev–Trinajstić information content (AvgIpc) is 3.11. The molecule has 0 aliphatic carbocycles. The monoisotopic (exact) mass is 493 g/mol. The van der Waals surface area contributed by atoms with E-state index in [2.05, 4.69) is 15.6 Å². The number of hydrogen-bond acceptors (Lipinski definition) is 3. The predicted octanol–water partition coefficient (Wildman–Crippen LogP) is 4.27. The second-order valence-corrected chi connectivity index (χ2v) is 6.62. The van der Waals surface area contributed by atoms with Crippen molar-refractivity contribution in [3.63, 3.8) is 0 Å². The van der Waals surface area contributed by atoms with Crippen LogP contribution in [-0.4, -0.2) is 30.3 Å². The summed E-state index contributed by atoms with van der Waals surface area (Å²) < 4.78 is 5.92. The predicted molar refractivity (Wildman–Crippen MR) is 125 cm³/mol. The highest BCUT2D eigenvalue weighted by Gasteiger charge is 2.13. The van der Waals surface area contributed by atoms with Gasteiger partial charge >= 0.3 is 0 Å². The van der Waals surface area contributed by atoms with Crippen LogP contribution in [-0.2, 0) is 6.42 Å². The number of aliphatic hydroxyl groups excluding tert-OH is 1. The van der Waals surface area contributed by atoms with Gasteiger partial charge < -0.3 is 20.2 Å². The van der Waals surface area contributed by atoms with E-state index in [4.69, 9.17) is 4.42 Å². The summed E-state index contributed by atoms with van der Waals surface area (Å²) in [4.78, 5) is 4.53. The lowest BCUT2D eigenvalue weighted by Gasteiger charge is -2.17. The van der Waals surface area contributed by atoms with E-state index in [9.17, 15) is 5.11 Å². The summed E-state index contributed by atoms with van der Waals surface area (Å²) in [6.07, 6.45) is 0.0624. The quantitative estimate of drug-likeness (QED) is 0.261. The van der Waals surface area contributed by atoms with Gasteiger partial charge in [0, 0.05) is 18.4 Å². The number of nitrogens with zero attached hydrogens (tertiary/aromatic N) is 1. The summed E-state index contributed by atoms with van der Waals surface area (Å²) in [5.41, 5.74) is 1.98. The maximum Gasteiger partial charge on any atom is 0.191 e. The van der Waals surface area contributed by atoms with E-state index in [0.29, 0.717) is 18.9 Å². The molecule has 150 valence electrons. The van der Waals surface area contributed by atoms with Crippen LogP contribution < -0.4 is 10.6 Å². The highest BCUT2D eigenvalue weighted by molar-refractivity contribution is 14.0. The van der Waals surface area contributed by atoms with E-state index >= 15 is 0 Å². The molecule has 0 bridgehead atoms. The lowest BCUT2D eigenvalue weighted by atomic mass is 10.1. The zero-order valence-electron chi connectivity index (χ0n) is 16.3. The summed E-state index contributed by atoms with van der Waals surface area (Å²) in [6.45, 7) is 5.12. The number of benzene rings is 2. The first-order valence-corrected chi connectivity index (χ1v) is 9.41. The maximum absolute atomic E-state index is 10.3. The summed E-state index contributed by atoms with van der Waals surface area (Å²) >= 11 is 0. The number of para-hydroxylation sites is 1. The largest absolute Gasteiger partial charge is 0.459 e. The molecule has 6 heteroatoms. The number of rotatable bonds is 7. The first-order valence-electron chi connectivity index (χ1n) is 9.41. The molecule has 1 aromatic heterocycles. The van der Waals surface area contributed by atoms with Crippen molar-refractivity contribution in [3.8, 4) is 0 Å². The van der Waals surface area contributed by atoms with Crippen molar-refractivity contribution in [1.82, 2.24) is 10.6 Å². The lowest BCUT2D eigenvalue weighted by Crippen LogP contribution is -2.39. The van der Waals surface area contributed by atoms with Gasteiger partial charge in [-0.3, -0.25) is 4.99 Å².